The standard InChI is InChI=1S/C10H19N3O4/c1-6(4-5-8(14)15)12-10(17)13-7(2)9(16)11-3/h6-7H,4-5H2,1-3H3,(H,11,16)(H,14,15)(H2,12,13,17). The number of urea groups is 1. The first-order valence-electron chi connectivity index (χ1n) is 5.37. The number of rotatable bonds is 6. The lowest BCUT2D eigenvalue weighted by atomic mass is 10.2. The summed E-state index contributed by atoms with van der Waals surface area (Å²) in [5.41, 5.74) is 0. The average Bonchev–Trinajstić information content (AvgIpc) is 2.24. The van der Waals surface area contributed by atoms with Crippen molar-refractivity contribution in [3.8, 4) is 0 Å². The number of aliphatic carboxylic acids is 1. The molecule has 0 aliphatic heterocycles. The first kappa shape index (κ1) is 15.2. The number of nitrogens with one attached hydrogen (secondary N) is 3. The molecule has 0 aromatic heterocycles. The lowest BCUT2D eigenvalue weighted by Gasteiger charge is -2.16. The zero-order valence-corrected chi connectivity index (χ0v) is 10.2. The highest BCUT2D eigenvalue weighted by Gasteiger charge is 2.15. The van der Waals surface area contributed by atoms with Crippen molar-refractivity contribution in [1.29, 1.82) is 0 Å². The molecule has 0 heterocycles. The van der Waals surface area contributed by atoms with Crippen LogP contribution >= 0.6 is 0 Å². The van der Waals surface area contributed by atoms with E-state index in [4.69, 9.17) is 5.11 Å². The molecule has 0 aromatic carbocycles. The van der Waals surface area contributed by atoms with Gasteiger partial charge in [-0.2, -0.15) is 0 Å². The number of carbonyl (C=O) groups is 3. The first-order valence-corrected chi connectivity index (χ1v) is 5.37. The molecule has 0 aromatic rings. The van der Waals surface area contributed by atoms with E-state index >= 15 is 0 Å². The second-order valence-electron chi connectivity index (χ2n) is 3.79. The van der Waals surface area contributed by atoms with E-state index in [2.05, 4.69) is 16.0 Å². The molecule has 0 saturated carbocycles. The Hall–Kier alpha value is -1.79. The highest BCUT2D eigenvalue weighted by atomic mass is 16.4. The molecule has 3 amide bonds. The van der Waals surface area contributed by atoms with Crippen LogP contribution < -0.4 is 16.0 Å². The molecule has 4 N–H and O–H groups in total. The van der Waals surface area contributed by atoms with Crippen LogP contribution in [0.25, 0.3) is 0 Å². The third-order valence-corrected chi connectivity index (χ3v) is 2.16. The average molecular weight is 245 g/mol. The number of carboxylic acid groups (broad SMARTS) is 1. The summed E-state index contributed by atoms with van der Waals surface area (Å²) in [4.78, 5) is 32.8. The summed E-state index contributed by atoms with van der Waals surface area (Å²) in [5, 5.41) is 15.9. The lowest BCUT2D eigenvalue weighted by Crippen LogP contribution is -2.49. The van der Waals surface area contributed by atoms with Crippen molar-refractivity contribution >= 4 is 17.9 Å². The monoisotopic (exact) mass is 245 g/mol. The molecule has 0 fully saturated rings. The maximum atomic E-state index is 11.4. The molecule has 98 valence electrons. The largest absolute Gasteiger partial charge is 0.481 e. The molecular formula is C10H19N3O4. The van der Waals surface area contributed by atoms with E-state index in [1.807, 2.05) is 0 Å². The molecular weight excluding hydrogens is 226 g/mol. The smallest absolute Gasteiger partial charge is 0.315 e. The van der Waals surface area contributed by atoms with Crippen molar-refractivity contribution in [3.05, 3.63) is 0 Å². The minimum atomic E-state index is -0.905. The van der Waals surface area contributed by atoms with Crippen molar-refractivity contribution in [2.45, 2.75) is 38.8 Å². The summed E-state index contributed by atoms with van der Waals surface area (Å²) < 4.78 is 0. The van der Waals surface area contributed by atoms with Gasteiger partial charge in [-0.15, -0.1) is 0 Å². The normalized spacial score (nSPS) is 13.4. The topological polar surface area (TPSA) is 108 Å². The van der Waals surface area contributed by atoms with Crippen LogP contribution in [0, 0.1) is 0 Å². The van der Waals surface area contributed by atoms with Crippen LogP contribution in [0.3, 0.4) is 0 Å². The van der Waals surface area contributed by atoms with E-state index in [1.165, 1.54) is 7.05 Å². The molecule has 0 saturated heterocycles. The fourth-order valence-electron chi connectivity index (χ4n) is 1.16. The molecule has 17 heavy (non-hydrogen) atoms. The van der Waals surface area contributed by atoms with Crippen LogP contribution in [-0.2, 0) is 9.59 Å². The molecule has 0 rings (SSSR count). The molecule has 2 atom stereocenters. The van der Waals surface area contributed by atoms with Crippen LogP contribution in [0.2, 0.25) is 0 Å². The minimum Gasteiger partial charge on any atom is -0.481 e. The molecule has 0 spiro atoms. The highest BCUT2D eigenvalue weighted by molar-refractivity contribution is 5.86. The van der Waals surface area contributed by atoms with Crippen molar-refractivity contribution < 1.29 is 19.5 Å². The van der Waals surface area contributed by atoms with E-state index in [9.17, 15) is 14.4 Å². The molecule has 0 aliphatic rings. The molecule has 7 heteroatoms. The van der Waals surface area contributed by atoms with Gasteiger partial charge in [-0.3, -0.25) is 9.59 Å². The van der Waals surface area contributed by atoms with E-state index < -0.39 is 18.0 Å². The molecule has 0 radical (unpaired) electrons. The Bertz CT molecular complexity index is 293. The Morgan fingerprint density at radius 1 is 1.18 bits per heavy atom. The van der Waals surface area contributed by atoms with Gasteiger partial charge in [0.25, 0.3) is 0 Å². The fourth-order valence-corrected chi connectivity index (χ4v) is 1.16. The van der Waals surface area contributed by atoms with Gasteiger partial charge in [0.15, 0.2) is 0 Å². The molecule has 0 bridgehead atoms. The van der Waals surface area contributed by atoms with E-state index in [1.54, 1.807) is 13.8 Å². The summed E-state index contributed by atoms with van der Waals surface area (Å²) in [5.74, 6) is -1.20. The van der Waals surface area contributed by atoms with Crippen LogP contribution in [0.4, 0.5) is 4.79 Å². The SMILES string of the molecule is CNC(=O)C(C)NC(=O)NC(C)CCC(=O)O. The van der Waals surface area contributed by atoms with Crippen LogP contribution in [0.5, 0.6) is 0 Å². The number of hydrogen-bond acceptors (Lipinski definition) is 3. The van der Waals surface area contributed by atoms with E-state index in [0.717, 1.165) is 0 Å². The Labute approximate surface area is 100.0 Å². The zero-order chi connectivity index (χ0) is 13.4. The van der Waals surface area contributed by atoms with Gasteiger partial charge in [-0.1, -0.05) is 0 Å². The van der Waals surface area contributed by atoms with Crippen molar-refractivity contribution in [2.24, 2.45) is 0 Å². The van der Waals surface area contributed by atoms with Crippen molar-refractivity contribution in [3.63, 3.8) is 0 Å². The third kappa shape index (κ3) is 7.15. The zero-order valence-electron chi connectivity index (χ0n) is 10.2. The summed E-state index contributed by atoms with van der Waals surface area (Å²) in [6.45, 7) is 3.26. The predicted molar refractivity (Wildman–Crippen MR) is 61.5 cm³/mol. The predicted octanol–water partition coefficient (Wildman–Crippen LogP) is -0.327. The van der Waals surface area contributed by atoms with Gasteiger partial charge >= 0.3 is 12.0 Å². The van der Waals surface area contributed by atoms with Gasteiger partial charge in [0.1, 0.15) is 6.04 Å². The Balaban J connectivity index is 3.92. The summed E-state index contributed by atoms with van der Waals surface area (Å²) in [6.07, 6.45) is 0.337. The molecule has 0 aliphatic carbocycles. The molecule has 7 nitrogen and oxygen atoms in total. The summed E-state index contributed by atoms with van der Waals surface area (Å²) in [7, 11) is 1.48. The molecule has 2 unspecified atom stereocenters. The Kier molecular flexibility index (Phi) is 6.69. The minimum absolute atomic E-state index is 0.00749. The van der Waals surface area contributed by atoms with Crippen LogP contribution in [0.1, 0.15) is 26.7 Å². The van der Waals surface area contributed by atoms with Crippen LogP contribution in [0.15, 0.2) is 0 Å². The number of amides is 3. The van der Waals surface area contributed by atoms with Gasteiger partial charge in [0.05, 0.1) is 0 Å². The maximum Gasteiger partial charge on any atom is 0.315 e. The second-order valence-corrected chi connectivity index (χ2v) is 3.79. The summed E-state index contributed by atoms with van der Waals surface area (Å²) >= 11 is 0. The quantitative estimate of drug-likeness (QED) is 0.514. The van der Waals surface area contributed by atoms with Gasteiger partial charge in [-0.05, 0) is 20.3 Å². The first-order chi connectivity index (χ1) is 7.86. The van der Waals surface area contributed by atoms with Gasteiger partial charge in [-0.25, -0.2) is 4.79 Å². The number of hydrogen-bond donors (Lipinski definition) is 4. The maximum absolute atomic E-state index is 11.4. The van der Waals surface area contributed by atoms with E-state index in [0.29, 0.717) is 6.42 Å². The summed E-state index contributed by atoms with van der Waals surface area (Å²) in [6, 6.07) is -1.38. The second kappa shape index (κ2) is 7.48. The highest BCUT2D eigenvalue weighted by Crippen LogP contribution is 1.96. The van der Waals surface area contributed by atoms with Crippen molar-refractivity contribution in [1.82, 2.24) is 16.0 Å². The van der Waals surface area contributed by atoms with Crippen molar-refractivity contribution in [2.75, 3.05) is 7.05 Å². The van der Waals surface area contributed by atoms with Gasteiger partial charge < -0.3 is 21.1 Å². The lowest BCUT2D eigenvalue weighted by molar-refractivity contribution is -0.137. The fraction of sp³-hybridized carbons (Fsp3) is 0.700. The third-order valence-electron chi connectivity index (χ3n) is 2.16. The number of carboxylic acids is 1. The van der Waals surface area contributed by atoms with Gasteiger partial charge in [0, 0.05) is 19.5 Å². The van der Waals surface area contributed by atoms with Crippen LogP contribution in [-0.4, -0.2) is 42.1 Å². The van der Waals surface area contributed by atoms with Gasteiger partial charge in [0.2, 0.25) is 5.91 Å². The number of likely N-dealkylation sites (N-methyl/N-ethyl adjacent to an activating group) is 1. The Morgan fingerprint density at radius 3 is 2.24 bits per heavy atom. The van der Waals surface area contributed by atoms with E-state index in [-0.39, 0.29) is 18.4 Å². The Morgan fingerprint density at radius 2 is 1.76 bits per heavy atom. The number of carbonyl (C=O) groups excluding carboxylic acids is 2.